The molecule has 0 aliphatic rings. The molecule has 0 heterocycles. The molecule has 2 aromatic rings. The number of nitrogens with one attached hydrogen (secondary N) is 1. The van der Waals surface area contributed by atoms with Crippen molar-refractivity contribution in [1.29, 1.82) is 0 Å². The van der Waals surface area contributed by atoms with Crippen LogP contribution in [-0.2, 0) is 32.6 Å². The first-order chi connectivity index (χ1) is 16.1. The lowest BCUT2D eigenvalue weighted by Crippen LogP contribution is -2.52. The van der Waals surface area contributed by atoms with Crippen molar-refractivity contribution in [1.82, 2.24) is 10.2 Å². The summed E-state index contributed by atoms with van der Waals surface area (Å²) in [6, 6.07) is 13.6. The van der Waals surface area contributed by atoms with Gasteiger partial charge in [0.15, 0.2) is 0 Å². The Labute approximate surface area is 202 Å². The van der Waals surface area contributed by atoms with E-state index in [9.17, 15) is 18.0 Å². The number of rotatable bonds is 12. The fourth-order valence-electron chi connectivity index (χ4n) is 3.69. The molecule has 2 amide bonds. The standard InChI is InChI=1S/C25H35N3O5S/c1-6-19-12-14-21(15-13-19)28(34(5,31)32)18-24(29)27(23(7-2)25(30)26-8-3)17-20-10-9-11-22(16-20)33-4/h9-16,23H,6-8,17-18H2,1-5H3,(H,26,30)/t23-/m1/s1. The van der Waals surface area contributed by atoms with E-state index in [4.69, 9.17) is 4.74 Å². The molecule has 34 heavy (non-hydrogen) atoms. The molecule has 0 saturated carbocycles. The minimum absolute atomic E-state index is 0.137. The van der Waals surface area contributed by atoms with Crippen LogP contribution in [0.4, 0.5) is 5.69 Å². The Morgan fingerprint density at radius 3 is 2.24 bits per heavy atom. The van der Waals surface area contributed by atoms with Crippen LogP contribution in [0.25, 0.3) is 0 Å². The average Bonchev–Trinajstić information content (AvgIpc) is 2.82. The maximum atomic E-state index is 13.6. The summed E-state index contributed by atoms with van der Waals surface area (Å²) >= 11 is 0. The van der Waals surface area contributed by atoms with E-state index in [0.717, 1.165) is 28.1 Å². The fourth-order valence-corrected chi connectivity index (χ4v) is 4.54. The summed E-state index contributed by atoms with van der Waals surface area (Å²) in [6.45, 7) is 5.79. The van der Waals surface area contributed by atoms with E-state index in [-0.39, 0.29) is 12.5 Å². The van der Waals surface area contributed by atoms with Gasteiger partial charge in [0.1, 0.15) is 18.3 Å². The van der Waals surface area contributed by atoms with Gasteiger partial charge in [0.2, 0.25) is 21.8 Å². The molecule has 8 nitrogen and oxygen atoms in total. The van der Waals surface area contributed by atoms with Crippen LogP contribution in [0.15, 0.2) is 48.5 Å². The van der Waals surface area contributed by atoms with E-state index in [0.29, 0.717) is 24.4 Å². The van der Waals surface area contributed by atoms with Gasteiger partial charge in [-0.25, -0.2) is 8.42 Å². The number of nitrogens with zero attached hydrogens (tertiary/aromatic N) is 2. The van der Waals surface area contributed by atoms with Gasteiger partial charge in [-0.2, -0.15) is 0 Å². The molecule has 0 fully saturated rings. The Balaban J connectivity index is 2.43. The largest absolute Gasteiger partial charge is 0.497 e. The number of likely N-dealkylation sites (N-methyl/N-ethyl adjacent to an activating group) is 1. The first kappa shape index (κ1) is 27.2. The Morgan fingerprint density at radius 1 is 1.03 bits per heavy atom. The Bertz CT molecular complexity index is 1070. The van der Waals surface area contributed by atoms with Crippen LogP contribution in [0.3, 0.4) is 0 Å². The van der Waals surface area contributed by atoms with E-state index in [2.05, 4.69) is 5.32 Å². The summed E-state index contributed by atoms with van der Waals surface area (Å²) < 4.78 is 31.6. The van der Waals surface area contributed by atoms with Crippen LogP contribution in [0, 0.1) is 0 Å². The Hall–Kier alpha value is -3.07. The highest BCUT2D eigenvalue weighted by Crippen LogP contribution is 2.21. The second-order valence-corrected chi connectivity index (χ2v) is 9.89. The van der Waals surface area contributed by atoms with Crippen molar-refractivity contribution >= 4 is 27.5 Å². The summed E-state index contributed by atoms with van der Waals surface area (Å²) in [5.74, 6) is -0.116. The highest BCUT2D eigenvalue weighted by molar-refractivity contribution is 7.92. The van der Waals surface area contributed by atoms with Gasteiger partial charge in [-0.3, -0.25) is 13.9 Å². The van der Waals surface area contributed by atoms with Gasteiger partial charge in [0.05, 0.1) is 19.1 Å². The van der Waals surface area contributed by atoms with Crippen LogP contribution in [0.2, 0.25) is 0 Å². The fraction of sp³-hybridized carbons (Fsp3) is 0.440. The maximum absolute atomic E-state index is 13.6. The first-order valence-corrected chi connectivity index (χ1v) is 13.3. The van der Waals surface area contributed by atoms with E-state index < -0.39 is 28.5 Å². The molecule has 0 unspecified atom stereocenters. The third-order valence-electron chi connectivity index (χ3n) is 5.54. The van der Waals surface area contributed by atoms with E-state index in [1.54, 1.807) is 31.4 Å². The lowest BCUT2D eigenvalue weighted by atomic mass is 10.1. The zero-order valence-electron chi connectivity index (χ0n) is 20.6. The van der Waals surface area contributed by atoms with Crippen LogP contribution >= 0.6 is 0 Å². The molecule has 9 heteroatoms. The van der Waals surface area contributed by atoms with Crippen LogP contribution in [0.5, 0.6) is 5.75 Å². The molecule has 0 spiro atoms. The molecule has 2 rings (SSSR count). The minimum atomic E-state index is -3.75. The van der Waals surface area contributed by atoms with E-state index in [1.165, 1.54) is 4.90 Å². The maximum Gasteiger partial charge on any atom is 0.244 e. The van der Waals surface area contributed by atoms with Gasteiger partial charge < -0.3 is 15.0 Å². The SMILES string of the molecule is CCNC(=O)[C@@H](CC)N(Cc1cccc(OC)c1)C(=O)CN(c1ccc(CC)cc1)S(C)(=O)=O. The van der Waals surface area contributed by atoms with Crippen LogP contribution in [0.1, 0.15) is 38.3 Å². The monoisotopic (exact) mass is 489 g/mol. The van der Waals surface area contributed by atoms with Crippen molar-refractivity contribution in [3.8, 4) is 5.75 Å². The van der Waals surface area contributed by atoms with Crippen molar-refractivity contribution < 1.29 is 22.7 Å². The van der Waals surface area contributed by atoms with Crippen molar-refractivity contribution in [2.24, 2.45) is 0 Å². The van der Waals surface area contributed by atoms with E-state index in [1.807, 2.05) is 45.0 Å². The number of benzene rings is 2. The number of carbonyl (C=O) groups is 2. The minimum Gasteiger partial charge on any atom is -0.497 e. The smallest absolute Gasteiger partial charge is 0.244 e. The van der Waals surface area contributed by atoms with Gasteiger partial charge in [-0.05, 0) is 55.2 Å². The molecule has 0 bridgehead atoms. The number of carbonyl (C=O) groups excluding carboxylic acids is 2. The molecule has 0 saturated heterocycles. The lowest BCUT2D eigenvalue weighted by Gasteiger charge is -2.32. The van der Waals surface area contributed by atoms with Gasteiger partial charge in [-0.1, -0.05) is 38.1 Å². The second kappa shape index (κ2) is 12.4. The molecule has 1 N–H and O–H groups in total. The predicted octanol–water partition coefficient (Wildman–Crippen LogP) is 2.97. The summed E-state index contributed by atoms with van der Waals surface area (Å²) in [5, 5.41) is 2.78. The summed E-state index contributed by atoms with van der Waals surface area (Å²) in [7, 11) is -2.19. The molecule has 1 atom stereocenters. The molecular formula is C25H35N3O5S. The summed E-state index contributed by atoms with van der Waals surface area (Å²) in [4.78, 5) is 27.8. The molecular weight excluding hydrogens is 454 g/mol. The molecule has 2 aromatic carbocycles. The Kier molecular flexibility index (Phi) is 9.92. The zero-order valence-corrected chi connectivity index (χ0v) is 21.4. The third-order valence-corrected chi connectivity index (χ3v) is 6.68. The van der Waals surface area contributed by atoms with Gasteiger partial charge in [-0.15, -0.1) is 0 Å². The van der Waals surface area contributed by atoms with Crippen molar-refractivity contribution in [2.45, 2.75) is 46.2 Å². The number of aryl methyl sites for hydroxylation is 1. The number of hydrogen-bond acceptors (Lipinski definition) is 5. The Morgan fingerprint density at radius 2 is 1.71 bits per heavy atom. The number of anilines is 1. The van der Waals surface area contributed by atoms with Crippen molar-refractivity contribution in [2.75, 3.05) is 30.8 Å². The number of methoxy groups -OCH3 is 1. The number of hydrogen-bond donors (Lipinski definition) is 1. The molecule has 0 radical (unpaired) electrons. The predicted molar refractivity (Wildman–Crippen MR) is 134 cm³/mol. The zero-order chi connectivity index (χ0) is 25.3. The quantitative estimate of drug-likeness (QED) is 0.495. The number of amides is 2. The topological polar surface area (TPSA) is 96.0 Å². The van der Waals surface area contributed by atoms with E-state index >= 15 is 0 Å². The van der Waals surface area contributed by atoms with Gasteiger partial charge >= 0.3 is 0 Å². The molecule has 186 valence electrons. The van der Waals surface area contributed by atoms with Crippen LogP contribution < -0.4 is 14.4 Å². The third kappa shape index (κ3) is 7.21. The van der Waals surface area contributed by atoms with Crippen molar-refractivity contribution in [3.63, 3.8) is 0 Å². The molecule has 0 aromatic heterocycles. The second-order valence-electron chi connectivity index (χ2n) is 7.98. The van der Waals surface area contributed by atoms with Crippen molar-refractivity contribution in [3.05, 3.63) is 59.7 Å². The number of ether oxygens (including phenoxy) is 1. The highest BCUT2D eigenvalue weighted by atomic mass is 32.2. The normalized spacial score (nSPS) is 12.0. The highest BCUT2D eigenvalue weighted by Gasteiger charge is 2.31. The summed E-state index contributed by atoms with van der Waals surface area (Å²) in [6.07, 6.45) is 2.27. The first-order valence-electron chi connectivity index (χ1n) is 11.4. The average molecular weight is 490 g/mol. The van der Waals surface area contributed by atoms with Gasteiger partial charge in [0, 0.05) is 13.1 Å². The molecule has 0 aliphatic heterocycles. The summed E-state index contributed by atoms with van der Waals surface area (Å²) in [5.41, 5.74) is 2.24. The van der Waals surface area contributed by atoms with Crippen LogP contribution in [-0.4, -0.2) is 57.6 Å². The number of sulfonamides is 1. The van der Waals surface area contributed by atoms with Gasteiger partial charge in [0.25, 0.3) is 0 Å². The molecule has 0 aliphatic carbocycles. The lowest BCUT2D eigenvalue weighted by molar-refractivity contribution is -0.140.